The lowest BCUT2D eigenvalue weighted by Crippen LogP contribution is -2.20. The quantitative estimate of drug-likeness (QED) is 0.697. The van der Waals surface area contributed by atoms with Crippen LogP contribution in [0.25, 0.3) is 0 Å². The van der Waals surface area contributed by atoms with E-state index in [-0.39, 0.29) is 24.1 Å². The molecular formula is C23H27NO4. The van der Waals surface area contributed by atoms with Gasteiger partial charge in [-0.3, -0.25) is 4.79 Å². The molecule has 1 aliphatic rings. The summed E-state index contributed by atoms with van der Waals surface area (Å²) in [5.41, 5.74) is 1.66. The van der Waals surface area contributed by atoms with Crippen molar-refractivity contribution in [1.82, 2.24) is 0 Å². The van der Waals surface area contributed by atoms with Crippen LogP contribution in [0, 0.1) is 0 Å². The average molecular weight is 381 g/mol. The van der Waals surface area contributed by atoms with Crippen LogP contribution in [0.4, 0.5) is 5.69 Å². The Bertz CT molecular complexity index is 790. The maximum atomic E-state index is 12.4. The number of rotatable bonds is 6. The molecule has 2 aromatic carbocycles. The molecule has 0 atom stereocenters. The molecule has 1 fully saturated rings. The third-order valence-electron chi connectivity index (χ3n) is 4.69. The summed E-state index contributed by atoms with van der Waals surface area (Å²) in [7, 11) is 0. The second-order valence-corrected chi connectivity index (χ2v) is 7.39. The molecule has 0 bridgehead atoms. The molecule has 1 N–H and O–H groups in total. The number of ether oxygens (including phenoxy) is 2. The summed E-state index contributed by atoms with van der Waals surface area (Å²) in [6.07, 6.45) is 5.46. The number of hydrogen-bond acceptors (Lipinski definition) is 4. The topological polar surface area (TPSA) is 64.6 Å². The zero-order chi connectivity index (χ0) is 19.9. The van der Waals surface area contributed by atoms with Gasteiger partial charge in [-0.15, -0.1) is 0 Å². The fourth-order valence-corrected chi connectivity index (χ4v) is 3.25. The Morgan fingerprint density at radius 1 is 0.893 bits per heavy atom. The number of carbonyl (C=O) groups excluding carboxylic acids is 2. The molecule has 0 aliphatic heterocycles. The molecule has 148 valence electrons. The van der Waals surface area contributed by atoms with Crippen molar-refractivity contribution in [1.29, 1.82) is 0 Å². The summed E-state index contributed by atoms with van der Waals surface area (Å²) in [5.74, 6) is 0.214. The highest BCUT2D eigenvalue weighted by Crippen LogP contribution is 2.22. The van der Waals surface area contributed by atoms with E-state index in [0.717, 1.165) is 31.4 Å². The van der Waals surface area contributed by atoms with Gasteiger partial charge in [-0.1, -0.05) is 6.42 Å². The summed E-state index contributed by atoms with van der Waals surface area (Å²) in [6, 6.07) is 13.8. The van der Waals surface area contributed by atoms with Gasteiger partial charge in [0, 0.05) is 11.3 Å². The van der Waals surface area contributed by atoms with Crippen molar-refractivity contribution < 1.29 is 19.1 Å². The molecule has 0 heterocycles. The van der Waals surface area contributed by atoms with E-state index < -0.39 is 0 Å². The molecule has 3 rings (SSSR count). The Balaban J connectivity index is 1.55. The van der Waals surface area contributed by atoms with Crippen LogP contribution < -0.4 is 10.1 Å². The first-order valence-corrected chi connectivity index (χ1v) is 9.90. The first kappa shape index (κ1) is 19.9. The number of nitrogens with one attached hydrogen (secondary N) is 1. The molecule has 1 amide bonds. The molecule has 0 saturated heterocycles. The van der Waals surface area contributed by atoms with E-state index in [1.165, 1.54) is 6.42 Å². The molecule has 0 aromatic heterocycles. The monoisotopic (exact) mass is 381 g/mol. The van der Waals surface area contributed by atoms with E-state index in [2.05, 4.69) is 5.32 Å². The van der Waals surface area contributed by atoms with Gasteiger partial charge in [-0.05, 0) is 88.1 Å². The van der Waals surface area contributed by atoms with Gasteiger partial charge in [-0.2, -0.15) is 0 Å². The van der Waals surface area contributed by atoms with E-state index >= 15 is 0 Å². The fraction of sp³-hybridized carbons (Fsp3) is 0.391. The summed E-state index contributed by atoms with van der Waals surface area (Å²) in [6.45, 7) is 3.91. The Labute approximate surface area is 166 Å². The van der Waals surface area contributed by atoms with Crippen molar-refractivity contribution >= 4 is 17.6 Å². The Hall–Kier alpha value is -2.82. The van der Waals surface area contributed by atoms with Crippen LogP contribution in [0.1, 0.15) is 66.7 Å². The zero-order valence-corrected chi connectivity index (χ0v) is 16.4. The van der Waals surface area contributed by atoms with Crippen LogP contribution in [0.5, 0.6) is 5.75 Å². The van der Waals surface area contributed by atoms with E-state index in [9.17, 15) is 9.59 Å². The Morgan fingerprint density at radius 3 is 2.11 bits per heavy atom. The van der Waals surface area contributed by atoms with Gasteiger partial charge in [-0.25, -0.2) is 4.79 Å². The molecule has 1 saturated carbocycles. The number of hydrogen-bond donors (Lipinski definition) is 1. The van der Waals surface area contributed by atoms with Gasteiger partial charge in [0.2, 0.25) is 0 Å². The van der Waals surface area contributed by atoms with Gasteiger partial charge < -0.3 is 14.8 Å². The molecular weight excluding hydrogens is 354 g/mol. The van der Waals surface area contributed by atoms with E-state index in [0.29, 0.717) is 16.8 Å². The number of amides is 1. The molecule has 0 radical (unpaired) electrons. The third-order valence-corrected chi connectivity index (χ3v) is 4.69. The minimum Gasteiger partial charge on any atom is -0.491 e. The number of anilines is 1. The first-order chi connectivity index (χ1) is 13.5. The minimum atomic E-state index is -0.300. The van der Waals surface area contributed by atoms with Gasteiger partial charge in [0.15, 0.2) is 0 Å². The molecule has 2 aromatic rings. The van der Waals surface area contributed by atoms with E-state index in [1.54, 1.807) is 48.5 Å². The SMILES string of the molecule is CC(C)Oc1ccc(C(=O)Nc2ccc(C(=O)OC3CCCCC3)cc2)cc1. The van der Waals surface area contributed by atoms with Crippen molar-refractivity contribution in [2.75, 3.05) is 5.32 Å². The normalized spacial score (nSPS) is 14.5. The fourth-order valence-electron chi connectivity index (χ4n) is 3.25. The number of esters is 1. The van der Waals surface area contributed by atoms with Gasteiger partial charge >= 0.3 is 5.97 Å². The summed E-state index contributed by atoms with van der Waals surface area (Å²) in [5, 5.41) is 2.83. The summed E-state index contributed by atoms with van der Waals surface area (Å²) >= 11 is 0. The van der Waals surface area contributed by atoms with Crippen molar-refractivity contribution in [3.05, 3.63) is 59.7 Å². The zero-order valence-electron chi connectivity index (χ0n) is 16.4. The lowest BCUT2D eigenvalue weighted by molar-refractivity contribution is 0.0211. The maximum absolute atomic E-state index is 12.4. The van der Waals surface area contributed by atoms with Gasteiger partial charge in [0.25, 0.3) is 5.91 Å². The first-order valence-electron chi connectivity index (χ1n) is 9.90. The largest absolute Gasteiger partial charge is 0.491 e. The van der Waals surface area contributed by atoms with Gasteiger partial charge in [0.1, 0.15) is 11.9 Å². The molecule has 5 heteroatoms. The molecule has 0 unspecified atom stereocenters. The lowest BCUT2D eigenvalue weighted by Gasteiger charge is -2.21. The maximum Gasteiger partial charge on any atom is 0.338 e. The van der Waals surface area contributed by atoms with Gasteiger partial charge in [0.05, 0.1) is 11.7 Å². The van der Waals surface area contributed by atoms with Crippen molar-refractivity contribution in [3.63, 3.8) is 0 Å². The Morgan fingerprint density at radius 2 is 1.50 bits per heavy atom. The smallest absolute Gasteiger partial charge is 0.338 e. The van der Waals surface area contributed by atoms with E-state index in [4.69, 9.17) is 9.47 Å². The second kappa shape index (κ2) is 9.40. The minimum absolute atomic E-state index is 0.0308. The van der Waals surface area contributed by atoms with Crippen LogP contribution in [0.15, 0.2) is 48.5 Å². The van der Waals surface area contributed by atoms with Crippen molar-refractivity contribution in [3.8, 4) is 5.75 Å². The summed E-state index contributed by atoms with van der Waals surface area (Å²) in [4.78, 5) is 24.6. The summed E-state index contributed by atoms with van der Waals surface area (Å²) < 4.78 is 11.1. The number of carbonyl (C=O) groups is 2. The number of benzene rings is 2. The standard InChI is InChI=1S/C23H27NO4/c1-16(2)27-21-14-10-17(11-15-21)22(25)24-19-12-8-18(9-13-19)23(26)28-20-6-4-3-5-7-20/h8-16,20H,3-7H2,1-2H3,(H,24,25). The predicted octanol–water partition coefficient (Wildman–Crippen LogP) is 5.22. The molecule has 1 aliphatic carbocycles. The molecule has 28 heavy (non-hydrogen) atoms. The van der Waals surface area contributed by atoms with Crippen LogP contribution in [0.3, 0.4) is 0 Å². The predicted molar refractivity (Wildman–Crippen MR) is 109 cm³/mol. The van der Waals surface area contributed by atoms with Crippen LogP contribution in [-0.2, 0) is 4.74 Å². The van der Waals surface area contributed by atoms with Crippen molar-refractivity contribution in [2.24, 2.45) is 0 Å². The second-order valence-electron chi connectivity index (χ2n) is 7.39. The lowest BCUT2D eigenvalue weighted by atomic mass is 9.98. The highest BCUT2D eigenvalue weighted by atomic mass is 16.5. The van der Waals surface area contributed by atoms with E-state index in [1.807, 2.05) is 13.8 Å². The Kier molecular flexibility index (Phi) is 6.69. The third kappa shape index (κ3) is 5.59. The van der Waals surface area contributed by atoms with Crippen LogP contribution >= 0.6 is 0 Å². The van der Waals surface area contributed by atoms with Crippen molar-refractivity contribution in [2.45, 2.75) is 58.2 Å². The highest BCUT2D eigenvalue weighted by Gasteiger charge is 2.18. The van der Waals surface area contributed by atoms with Crippen LogP contribution in [-0.4, -0.2) is 24.1 Å². The highest BCUT2D eigenvalue weighted by molar-refractivity contribution is 6.04. The average Bonchev–Trinajstić information content (AvgIpc) is 2.69. The van der Waals surface area contributed by atoms with Crippen LogP contribution in [0.2, 0.25) is 0 Å². The molecule has 5 nitrogen and oxygen atoms in total. The molecule has 0 spiro atoms.